The minimum absolute atomic E-state index is 0.00469. The number of sulfonamides is 1. The van der Waals surface area contributed by atoms with E-state index in [1.54, 1.807) is 4.80 Å². The number of aromatic nitrogens is 4. The highest BCUT2D eigenvalue weighted by atomic mass is 32.2. The molecule has 1 N–H and O–H groups in total. The van der Waals surface area contributed by atoms with E-state index in [2.05, 4.69) is 54.8 Å². The first-order valence-corrected chi connectivity index (χ1v) is 17.7. The summed E-state index contributed by atoms with van der Waals surface area (Å²) in [5.74, 6) is 0.740. The van der Waals surface area contributed by atoms with Crippen LogP contribution in [0.3, 0.4) is 0 Å². The first kappa shape index (κ1) is 32.6. The number of tetrazole rings is 1. The van der Waals surface area contributed by atoms with Crippen molar-refractivity contribution in [1.82, 2.24) is 20.2 Å². The van der Waals surface area contributed by atoms with Crippen LogP contribution in [0.5, 0.6) is 0 Å². The summed E-state index contributed by atoms with van der Waals surface area (Å²) in [6.07, 6.45) is 17.7. The third kappa shape index (κ3) is 9.56. The van der Waals surface area contributed by atoms with Gasteiger partial charge in [-0.05, 0) is 53.4 Å². The second-order valence-electron chi connectivity index (χ2n) is 12.5. The van der Waals surface area contributed by atoms with Gasteiger partial charge in [0.2, 0.25) is 10.0 Å². The Labute approximate surface area is 244 Å². The van der Waals surface area contributed by atoms with Crippen LogP contribution in [0, 0.1) is 5.92 Å². The molecule has 1 saturated carbocycles. The van der Waals surface area contributed by atoms with Gasteiger partial charge in [0.05, 0.1) is 12.2 Å². The van der Waals surface area contributed by atoms with E-state index in [-0.39, 0.29) is 17.8 Å². The molecule has 1 unspecified atom stereocenters. The number of nitrogens with one attached hydrogen (secondary N) is 1. The summed E-state index contributed by atoms with van der Waals surface area (Å²) < 4.78 is 31.4. The summed E-state index contributed by atoms with van der Waals surface area (Å²) in [5.41, 5.74) is 2.77. The first-order valence-electron chi connectivity index (χ1n) is 16.2. The Balaban J connectivity index is 1.69. The summed E-state index contributed by atoms with van der Waals surface area (Å²) in [7, 11) is -3.80. The summed E-state index contributed by atoms with van der Waals surface area (Å²) in [4.78, 5) is 1.62. The molecule has 3 rings (SSSR count). The zero-order chi connectivity index (χ0) is 29.0. The van der Waals surface area contributed by atoms with Gasteiger partial charge in [-0.15, -0.1) is 10.2 Å². The van der Waals surface area contributed by atoms with Crippen LogP contribution in [0.15, 0.2) is 18.2 Å². The van der Waals surface area contributed by atoms with Crippen LogP contribution in [0.1, 0.15) is 165 Å². The maximum absolute atomic E-state index is 14.2. The van der Waals surface area contributed by atoms with Crippen molar-refractivity contribution in [2.24, 2.45) is 5.92 Å². The van der Waals surface area contributed by atoms with E-state index >= 15 is 0 Å². The van der Waals surface area contributed by atoms with Crippen molar-refractivity contribution in [3.8, 4) is 0 Å². The molecule has 1 aliphatic rings. The molecule has 0 aliphatic heterocycles. The number of aryl methyl sites for hydroxylation is 1. The molecule has 226 valence electrons. The van der Waals surface area contributed by atoms with Crippen LogP contribution in [0.25, 0.3) is 0 Å². The lowest BCUT2D eigenvalue weighted by Crippen LogP contribution is -2.30. The summed E-state index contributed by atoms with van der Waals surface area (Å²) in [6, 6.07) is 6.10. The molecule has 1 aromatic carbocycles. The molecule has 0 radical (unpaired) electrons. The number of para-hydroxylation sites is 1. The van der Waals surface area contributed by atoms with Crippen molar-refractivity contribution in [3.05, 3.63) is 35.2 Å². The fraction of sp³-hybridized carbons (Fsp3) is 0.781. The SMILES string of the molecule is CCCCCCCCCCCCn1nnc(C(C2CCCCC2)S(=O)(=O)Nc2c(C(C)C)cccc2C(C)C)n1. The lowest BCUT2D eigenvalue weighted by Gasteiger charge is -2.29. The zero-order valence-electron chi connectivity index (χ0n) is 25.9. The average molecular weight is 574 g/mol. The van der Waals surface area contributed by atoms with E-state index in [0.29, 0.717) is 12.4 Å². The lowest BCUT2D eigenvalue weighted by atomic mass is 9.86. The van der Waals surface area contributed by atoms with Crippen molar-refractivity contribution in [2.45, 2.75) is 155 Å². The Morgan fingerprint density at radius 2 is 1.40 bits per heavy atom. The maximum Gasteiger partial charge on any atom is 0.243 e. The van der Waals surface area contributed by atoms with E-state index in [1.165, 1.54) is 51.4 Å². The molecule has 40 heavy (non-hydrogen) atoms. The molecule has 1 heterocycles. The van der Waals surface area contributed by atoms with E-state index in [4.69, 9.17) is 0 Å². The molecule has 1 atom stereocenters. The van der Waals surface area contributed by atoms with Gasteiger partial charge in [-0.25, -0.2) is 8.42 Å². The average Bonchev–Trinajstić information content (AvgIpc) is 3.37. The Morgan fingerprint density at radius 3 is 1.95 bits per heavy atom. The van der Waals surface area contributed by atoms with E-state index in [9.17, 15) is 8.42 Å². The number of anilines is 1. The predicted octanol–water partition coefficient (Wildman–Crippen LogP) is 8.90. The van der Waals surface area contributed by atoms with Gasteiger partial charge < -0.3 is 0 Å². The second-order valence-corrected chi connectivity index (χ2v) is 14.3. The van der Waals surface area contributed by atoms with Crippen LogP contribution in [0.2, 0.25) is 0 Å². The highest BCUT2D eigenvalue weighted by Crippen LogP contribution is 2.41. The monoisotopic (exact) mass is 573 g/mol. The molecular weight excluding hydrogens is 518 g/mol. The number of benzene rings is 1. The molecule has 0 spiro atoms. The molecule has 1 aliphatic carbocycles. The first-order chi connectivity index (χ1) is 19.2. The Morgan fingerprint density at radius 1 is 0.850 bits per heavy atom. The van der Waals surface area contributed by atoms with Crippen molar-refractivity contribution in [1.29, 1.82) is 0 Å². The molecule has 2 aromatic rings. The number of rotatable bonds is 18. The van der Waals surface area contributed by atoms with Gasteiger partial charge in [-0.1, -0.05) is 130 Å². The fourth-order valence-corrected chi connectivity index (χ4v) is 7.92. The van der Waals surface area contributed by atoms with Gasteiger partial charge in [0.1, 0.15) is 5.25 Å². The molecule has 0 bridgehead atoms. The molecule has 0 saturated heterocycles. The fourth-order valence-electron chi connectivity index (χ4n) is 6.12. The van der Waals surface area contributed by atoms with Crippen LogP contribution in [0.4, 0.5) is 5.69 Å². The van der Waals surface area contributed by atoms with Gasteiger partial charge in [-0.3, -0.25) is 4.72 Å². The van der Waals surface area contributed by atoms with E-state index in [0.717, 1.165) is 61.8 Å². The highest BCUT2D eigenvalue weighted by molar-refractivity contribution is 7.93. The van der Waals surface area contributed by atoms with Gasteiger partial charge >= 0.3 is 0 Å². The van der Waals surface area contributed by atoms with Gasteiger partial charge in [0.15, 0.2) is 5.82 Å². The minimum Gasteiger partial charge on any atom is -0.282 e. The number of unbranched alkanes of at least 4 members (excludes halogenated alkanes) is 9. The quantitative estimate of drug-likeness (QED) is 0.180. The molecular formula is C32H55N5O2S. The minimum atomic E-state index is -3.80. The summed E-state index contributed by atoms with van der Waals surface area (Å²) in [6.45, 7) is 11.4. The maximum atomic E-state index is 14.2. The standard InChI is InChI=1S/C32H55N5O2S/c1-6-7-8-9-10-11-12-13-14-18-24-37-34-32(33-36-37)31(27-20-16-15-17-21-27)40(38,39)35-30-28(25(2)3)22-19-23-29(30)26(4)5/h19,22-23,25-27,31,35H,6-18,20-21,24H2,1-5H3. The van der Waals surface area contributed by atoms with Crippen LogP contribution >= 0.6 is 0 Å². The smallest absolute Gasteiger partial charge is 0.243 e. The number of nitrogens with zero attached hydrogens (tertiary/aromatic N) is 4. The Hall–Kier alpha value is -1.96. The van der Waals surface area contributed by atoms with E-state index in [1.807, 2.05) is 18.2 Å². The van der Waals surface area contributed by atoms with Gasteiger partial charge in [-0.2, -0.15) is 4.80 Å². The molecule has 7 nitrogen and oxygen atoms in total. The third-order valence-electron chi connectivity index (χ3n) is 8.46. The Kier molecular flexibility index (Phi) is 13.4. The van der Waals surface area contributed by atoms with Crippen molar-refractivity contribution < 1.29 is 8.42 Å². The molecule has 0 amide bonds. The van der Waals surface area contributed by atoms with Crippen molar-refractivity contribution in [2.75, 3.05) is 4.72 Å². The predicted molar refractivity (Wildman–Crippen MR) is 166 cm³/mol. The molecule has 1 aromatic heterocycles. The van der Waals surface area contributed by atoms with Crippen molar-refractivity contribution >= 4 is 15.7 Å². The Bertz CT molecular complexity index is 1080. The largest absolute Gasteiger partial charge is 0.282 e. The van der Waals surface area contributed by atoms with Crippen LogP contribution in [-0.4, -0.2) is 28.6 Å². The van der Waals surface area contributed by atoms with Gasteiger partial charge in [0, 0.05) is 0 Å². The van der Waals surface area contributed by atoms with Crippen molar-refractivity contribution in [3.63, 3.8) is 0 Å². The third-order valence-corrected chi connectivity index (χ3v) is 10.2. The molecule has 8 heteroatoms. The van der Waals surface area contributed by atoms with E-state index < -0.39 is 15.3 Å². The van der Waals surface area contributed by atoms with Crippen LogP contribution in [-0.2, 0) is 16.6 Å². The molecule has 1 fully saturated rings. The topological polar surface area (TPSA) is 89.8 Å². The number of hydrogen-bond acceptors (Lipinski definition) is 5. The zero-order valence-corrected chi connectivity index (χ0v) is 26.7. The summed E-state index contributed by atoms with van der Waals surface area (Å²) in [5, 5.41) is 12.5. The normalized spacial score (nSPS) is 15.7. The summed E-state index contributed by atoms with van der Waals surface area (Å²) >= 11 is 0. The second kappa shape index (κ2) is 16.5. The lowest BCUT2D eigenvalue weighted by molar-refractivity contribution is 0.337. The van der Waals surface area contributed by atoms with Gasteiger partial charge in [0.25, 0.3) is 0 Å². The number of hydrogen-bond donors (Lipinski definition) is 1. The highest BCUT2D eigenvalue weighted by Gasteiger charge is 2.40. The van der Waals surface area contributed by atoms with Crippen LogP contribution < -0.4 is 4.72 Å².